The third-order valence-electron chi connectivity index (χ3n) is 5.61. The van der Waals surface area contributed by atoms with Gasteiger partial charge in [-0.05, 0) is 31.5 Å². The normalized spacial score (nSPS) is 28.9. The fourth-order valence-electron chi connectivity index (χ4n) is 4.16. The summed E-state index contributed by atoms with van der Waals surface area (Å²) in [5.74, 6) is -2.26. The van der Waals surface area contributed by atoms with Gasteiger partial charge in [-0.3, -0.25) is 14.4 Å². The van der Waals surface area contributed by atoms with E-state index in [2.05, 4.69) is 15.9 Å². The van der Waals surface area contributed by atoms with E-state index < -0.39 is 33.4 Å². The number of rotatable bonds is 3. The fourth-order valence-corrected chi connectivity index (χ4v) is 5.38. The van der Waals surface area contributed by atoms with Crippen LogP contribution < -0.4 is 4.90 Å². The molecule has 1 heterocycles. The van der Waals surface area contributed by atoms with Crippen LogP contribution >= 0.6 is 15.9 Å². The molecule has 0 unspecified atom stereocenters. The number of imide groups is 1. The third kappa shape index (κ3) is 2.07. The molecule has 2 aliphatic rings. The summed E-state index contributed by atoms with van der Waals surface area (Å²) in [7, 11) is 1.26. The van der Waals surface area contributed by atoms with Crippen LogP contribution in [0.15, 0.2) is 48.5 Å². The van der Waals surface area contributed by atoms with Crippen molar-refractivity contribution in [3.63, 3.8) is 0 Å². The highest BCUT2D eigenvalue weighted by molar-refractivity contribution is 9.10. The molecule has 0 N–H and O–H groups in total. The molecule has 4 rings (SSSR count). The Labute approximate surface area is 165 Å². The van der Waals surface area contributed by atoms with Gasteiger partial charge in [-0.1, -0.05) is 63.5 Å². The van der Waals surface area contributed by atoms with Crippen molar-refractivity contribution in [2.24, 2.45) is 5.92 Å². The van der Waals surface area contributed by atoms with Gasteiger partial charge in [-0.25, -0.2) is 4.90 Å². The van der Waals surface area contributed by atoms with Gasteiger partial charge in [0.1, 0.15) is 5.41 Å². The second kappa shape index (κ2) is 5.76. The number of hydrogen-bond acceptors (Lipinski definition) is 4. The lowest BCUT2D eigenvalue weighted by Crippen LogP contribution is -2.46. The van der Waals surface area contributed by atoms with Gasteiger partial charge in [0.05, 0.1) is 18.7 Å². The van der Waals surface area contributed by atoms with E-state index in [0.717, 1.165) is 11.1 Å². The number of benzene rings is 2. The van der Waals surface area contributed by atoms with Crippen LogP contribution in [-0.4, -0.2) is 29.2 Å². The van der Waals surface area contributed by atoms with Crippen LogP contribution in [0.4, 0.5) is 5.69 Å². The molecule has 2 aromatic carbocycles. The SMILES string of the molecule is COC(=O)[C@@]1(Br)[C@H]2C(=O)N(c3ccc(C)cc3)C(=O)[C@@]21c1ccc(C)cc1. The zero-order chi connectivity index (χ0) is 19.6. The lowest BCUT2D eigenvalue weighted by atomic mass is 9.91. The lowest BCUT2D eigenvalue weighted by molar-refractivity contribution is -0.143. The minimum absolute atomic E-state index is 0.397. The van der Waals surface area contributed by atoms with Crippen molar-refractivity contribution in [1.29, 1.82) is 0 Å². The second-order valence-corrected chi connectivity index (χ2v) is 8.38. The number of hydrogen-bond donors (Lipinski definition) is 0. The molecule has 5 nitrogen and oxygen atoms in total. The van der Waals surface area contributed by atoms with Crippen LogP contribution in [0.2, 0.25) is 0 Å². The van der Waals surface area contributed by atoms with Crippen LogP contribution in [0, 0.1) is 19.8 Å². The minimum Gasteiger partial charge on any atom is -0.468 e. The average molecular weight is 428 g/mol. The number of halogens is 1. The lowest BCUT2D eigenvalue weighted by Gasteiger charge is -2.25. The van der Waals surface area contributed by atoms with E-state index in [9.17, 15) is 14.4 Å². The van der Waals surface area contributed by atoms with E-state index in [1.54, 1.807) is 24.3 Å². The van der Waals surface area contributed by atoms with Crippen molar-refractivity contribution >= 4 is 39.4 Å². The Hall–Kier alpha value is -2.47. The number of amides is 2. The summed E-state index contributed by atoms with van der Waals surface area (Å²) in [6, 6.07) is 14.5. The summed E-state index contributed by atoms with van der Waals surface area (Å²) in [5.41, 5.74) is 1.90. The number of piperidine rings is 1. The molecular formula is C21H18BrNO4. The van der Waals surface area contributed by atoms with Crippen LogP contribution in [0.1, 0.15) is 16.7 Å². The molecule has 138 valence electrons. The van der Waals surface area contributed by atoms with E-state index in [1.807, 2.05) is 38.1 Å². The highest BCUT2D eigenvalue weighted by Crippen LogP contribution is 2.73. The molecule has 2 amide bonds. The summed E-state index contributed by atoms with van der Waals surface area (Å²) in [6.07, 6.45) is 0. The Morgan fingerprint density at radius 3 is 2.04 bits per heavy atom. The topological polar surface area (TPSA) is 63.7 Å². The summed E-state index contributed by atoms with van der Waals surface area (Å²) in [5, 5.41) is 0. The number of nitrogens with zero attached hydrogens (tertiary/aromatic N) is 1. The fraction of sp³-hybridized carbons (Fsp3) is 0.286. The van der Waals surface area contributed by atoms with Gasteiger partial charge in [-0.2, -0.15) is 0 Å². The highest BCUT2D eigenvalue weighted by atomic mass is 79.9. The smallest absolute Gasteiger partial charge is 0.324 e. The van der Waals surface area contributed by atoms with Gasteiger partial charge in [0.2, 0.25) is 11.8 Å². The molecule has 6 heteroatoms. The number of anilines is 1. The Kier molecular flexibility index (Phi) is 3.82. The number of carbonyl (C=O) groups is 3. The van der Waals surface area contributed by atoms with Gasteiger partial charge >= 0.3 is 5.97 Å². The van der Waals surface area contributed by atoms with E-state index in [4.69, 9.17) is 4.74 Å². The number of aryl methyl sites for hydroxylation is 2. The first-order valence-corrected chi connectivity index (χ1v) is 9.39. The second-order valence-electron chi connectivity index (χ2n) is 7.12. The number of esters is 1. The Morgan fingerprint density at radius 1 is 1.00 bits per heavy atom. The molecule has 27 heavy (non-hydrogen) atoms. The van der Waals surface area contributed by atoms with Crippen LogP contribution in [-0.2, 0) is 24.5 Å². The van der Waals surface area contributed by atoms with Gasteiger partial charge in [-0.15, -0.1) is 0 Å². The van der Waals surface area contributed by atoms with E-state index >= 15 is 0 Å². The van der Waals surface area contributed by atoms with E-state index in [-0.39, 0.29) is 0 Å². The summed E-state index contributed by atoms with van der Waals surface area (Å²) in [4.78, 5) is 40.5. The molecule has 0 radical (unpaired) electrons. The maximum atomic E-state index is 13.6. The summed E-state index contributed by atoms with van der Waals surface area (Å²) < 4.78 is 3.55. The molecule has 0 bridgehead atoms. The zero-order valence-electron chi connectivity index (χ0n) is 15.2. The molecule has 1 saturated carbocycles. The maximum Gasteiger partial charge on any atom is 0.324 e. The number of carbonyl (C=O) groups excluding carboxylic acids is 3. The standard InChI is InChI=1S/C21H18BrNO4/c1-12-4-8-14(9-5-12)20-16(21(20,22)19(26)27-3)17(24)23(18(20)25)15-10-6-13(2)7-11-15/h4-11,16H,1-3H3/t16-,20+,21-/m0/s1. The Balaban J connectivity index is 1.87. The number of methoxy groups -OCH3 is 1. The van der Waals surface area contributed by atoms with Crippen molar-refractivity contribution in [2.45, 2.75) is 23.6 Å². The molecular weight excluding hydrogens is 410 g/mol. The van der Waals surface area contributed by atoms with Crippen molar-refractivity contribution < 1.29 is 19.1 Å². The number of alkyl halides is 1. The van der Waals surface area contributed by atoms with Crippen LogP contribution in [0.5, 0.6) is 0 Å². The van der Waals surface area contributed by atoms with Gasteiger partial charge in [0, 0.05) is 0 Å². The van der Waals surface area contributed by atoms with Gasteiger partial charge in [0.15, 0.2) is 4.32 Å². The molecule has 2 fully saturated rings. The molecule has 2 aromatic rings. The van der Waals surface area contributed by atoms with Crippen LogP contribution in [0.25, 0.3) is 0 Å². The monoisotopic (exact) mass is 427 g/mol. The number of fused-ring (bicyclic) bond motifs is 1. The molecule has 3 atom stereocenters. The highest BCUT2D eigenvalue weighted by Gasteiger charge is 2.92. The maximum absolute atomic E-state index is 13.6. The predicted molar refractivity (Wildman–Crippen MR) is 104 cm³/mol. The Bertz CT molecular complexity index is 969. The summed E-state index contributed by atoms with van der Waals surface area (Å²) in [6.45, 7) is 3.87. The largest absolute Gasteiger partial charge is 0.468 e. The first-order valence-electron chi connectivity index (χ1n) is 8.59. The minimum atomic E-state index is -1.38. The molecule has 0 aromatic heterocycles. The van der Waals surface area contributed by atoms with Crippen LogP contribution in [0.3, 0.4) is 0 Å². The van der Waals surface area contributed by atoms with E-state index in [0.29, 0.717) is 11.3 Å². The third-order valence-corrected chi connectivity index (χ3v) is 7.02. The Morgan fingerprint density at radius 2 is 1.52 bits per heavy atom. The predicted octanol–water partition coefficient (Wildman–Crippen LogP) is 3.05. The molecule has 1 aliphatic heterocycles. The quantitative estimate of drug-likeness (QED) is 0.428. The average Bonchev–Trinajstić information content (AvgIpc) is 3.15. The number of ether oxygens (including phenoxy) is 1. The summed E-state index contributed by atoms with van der Waals surface area (Å²) >= 11 is 3.42. The van der Waals surface area contributed by atoms with Crippen molar-refractivity contribution in [2.75, 3.05) is 12.0 Å². The first kappa shape index (κ1) is 17.9. The molecule has 1 aliphatic carbocycles. The van der Waals surface area contributed by atoms with Gasteiger partial charge in [0.25, 0.3) is 0 Å². The van der Waals surface area contributed by atoms with Crippen molar-refractivity contribution in [3.05, 3.63) is 65.2 Å². The van der Waals surface area contributed by atoms with Crippen molar-refractivity contribution in [1.82, 2.24) is 0 Å². The van der Waals surface area contributed by atoms with Crippen molar-refractivity contribution in [3.8, 4) is 0 Å². The first-order chi connectivity index (χ1) is 12.8. The molecule has 0 spiro atoms. The zero-order valence-corrected chi connectivity index (χ0v) is 16.7. The van der Waals surface area contributed by atoms with E-state index in [1.165, 1.54) is 12.0 Å². The molecule has 1 saturated heterocycles. The van der Waals surface area contributed by atoms with Gasteiger partial charge < -0.3 is 4.74 Å².